The zero-order chi connectivity index (χ0) is 21.3. The van der Waals surface area contributed by atoms with Gasteiger partial charge in [-0.15, -0.1) is 0 Å². The second kappa shape index (κ2) is 8.33. The second-order valence-electron chi connectivity index (χ2n) is 7.52. The van der Waals surface area contributed by atoms with E-state index in [4.69, 9.17) is 0 Å². The molecule has 1 aromatic heterocycles. The van der Waals surface area contributed by atoms with Crippen LogP contribution < -0.4 is 14.9 Å². The van der Waals surface area contributed by atoms with E-state index in [1.54, 1.807) is 29.5 Å². The Morgan fingerprint density at radius 2 is 1.83 bits per heavy atom. The maximum atomic E-state index is 12.6. The minimum absolute atomic E-state index is 0.133. The number of carbonyl (C=O) groups excluding carboxylic acids is 1. The Morgan fingerprint density at radius 1 is 1.13 bits per heavy atom. The number of hydrogen-bond acceptors (Lipinski definition) is 6. The fourth-order valence-electron chi connectivity index (χ4n) is 3.36. The van der Waals surface area contributed by atoms with Gasteiger partial charge in [-0.2, -0.15) is 4.72 Å². The molecule has 0 aliphatic carbocycles. The van der Waals surface area contributed by atoms with E-state index in [9.17, 15) is 13.2 Å². The minimum Gasteiger partial charge on any atom is -0.348 e. The molecule has 1 aliphatic rings. The lowest BCUT2D eigenvalue weighted by Gasteiger charge is -2.14. The van der Waals surface area contributed by atoms with Crippen LogP contribution in [0.3, 0.4) is 0 Å². The molecule has 158 valence electrons. The van der Waals surface area contributed by atoms with Gasteiger partial charge < -0.3 is 10.2 Å². The summed E-state index contributed by atoms with van der Waals surface area (Å²) in [6, 6.07) is 11.1. The second-order valence-corrected chi connectivity index (χ2v) is 10.2. The van der Waals surface area contributed by atoms with Crippen molar-refractivity contribution in [3.8, 4) is 0 Å². The summed E-state index contributed by atoms with van der Waals surface area (Å²) in [5.41, 5.74) is 2.48. The Hall–Kier alpha value is -2.49. The van der Waals surface area contributed by atoms with Crippen LogP contribution in [0.2, 0.25) is 0 Å². The molecule has 1 aliphatic heterocycles. The lowest BCUT2D eigenvalue weighted by molar-refractivity contribution is -0.117. The molecule has 0 saturated carbocycles. The van der Waals surface area contributed by atoms with Gasteiger partial charge in [-0.05, 0) is 57.0 Å². The molecule has 2 N–H and O–H groups in total. The first kappa shape index (κ1) is 20.8. The number of hydrogen-bond donors (Lipinski definition) is 2. The van der Waals surface area contributed by atoms with Gasteiger partial charge in [-0.1, -0.05) is 29.0 Å². The molecular formula is C21H24N4O3S2. The maximum Gasteiger partial charge on any atom is 0.242 e. The van der Waals surface area contributed by atoms with E-state index >= 15 is 0 Å². The van der Waals surface area contributed by atoms with Gasteiger partial charge in [0, 0.05) is 18.8 Å². The molecule has 1 atom stereocenters. The number of fused-ring (bicyclic) bond motifs is 1. The van der Waals surface area contributed by atoms with Crippen LogP contribution in [-0.4, -0.2) is 38.4 Å². The molecule has 9 heteroatoms. The Balaban J connectivity index is 1.44. The number of benzene rings is 2. The van der Waals surface area contributed by atoms with Gasteiger partial charge in [0.2, 0.25) is 15.9 Å². The molecule has 1 amide bonds. The number of thiazole rings is 1. The number of aromatic nitrogens is 1. The molecule has 1 fully saturated rings. The summed E-state index contributed by atoms with van der Waals surface area (Å²) >= 11 is 1.60. The van der Waals surface area contributed by atoms with Gasteiger partial charge in [0.05, 0.1) is 21.2 Å². The van der Waals surface area contributed by atoms with Crippen LogP contribution in [0.5, 0.6) is 0 Å². The van der Waals surface area contributed by atoms with Crippen molar-refractivity contribution in [3.63, 3.8) is 0 Å². The molecular weight excluding hydrogens is 420 g/mol. The average Bonchev–Trinajstić information content (AvgIpc) is 3.37. The van der Waals surface area contributed by atoms with Gasteiger partial charge in [-0.3, -0.25) is 4.79 Å². The summed E-state index contributed by atoms with van der Waals surface area (Å²) in [5, 5.41) is 3.80. The Bertz CT molecular complexity index is 1170. The highest BCUT2D eigenvalue weighted by Crippen LogP contribution is 2.32. The highest BCUT2D eigenvalue weighted by Gasteiger charge is 2.22. The summed E-state index contributed by atoms with van der Waals surface area (Å²) in [6.45, 7) is 5.47. The maximum absolute atomic E-state index is 12.6. The zero-order valence-electron chi connectivity index (χ0n) is 16.9. The smallest absolute Gasteiger partial charge is 0.242 e. The van der Waals surface area contributed by atoms with Crippen molar-refractivity contribution >= 4 is 48.3 Å². The number of aryl methyl sites for hydroxylation is 1. The molecule has 0 spiro atoms. The molecule has 0 bridgehead atoms. The predicted octanol–water partition coefficient (Wildman–Crippen LogP) is 3.51. The third-order valence-electron chi connectivity index (χ3n) is 5.08. The van der Waals surface area contributed by atoms with Gasteiger partial charge in [-0.25, -0.2) is 13.4 Å². The zero-order valence-corrected chi connectivity index (χ0v) is 18.5. The third-order valence-corrected chi connectivity index (χ3v) is 7.71. The normalized spacial score (nSPS) is 15.5. The third kappa shape index (κ3) is 4.48. The van der Waals surface area contributed by atoms with Crippen molar-refractivity contribution in [3.05, 3.63) is 48.0 Å². The lowest BCUT2D eigenvalue weighted by atomic mass is 10.2. The molecule has 2 heterocycles. The largest absolute Gasteiger partial charge is 0.348 e. The first-order chi connectivity index (χ1) is 14.3. The molecule has 7 nitrogen and oxygen atoms in total. The highest BCUT2D eigenvalue weighted by atomic mass is 32.2. The molecule has 4 rings (SSSR count). The van der Waals surface area contributed by atoms with Crippen LogP contribution in [-0.2, 0) is 14.8 Å². The number of amides is 1. The minimum atomic E-state index is -3.78. The van der Waals surface area contributed by atoms with Gasteiger partial charge >= 0.3 is 0 Å². The lowest BCUT2D eigenvalue weighted by Crippen LogP contribution is -2.41. The molecule has 0 radical (unpaired) electrons. The van der Waals surface area contributed by atoms with Crippen molar-refractivity contribution in [2.24, 2.45) is 0 Å². The number of rotatable bonds is 6. The van der Waals surface area contributed by atoms with E-state index in [1.165, 1.54) is 31.9 Å². The highest BCUT2D eigenvalue weighted by molar-refractivity contribution is 7.89. The van der Waals surface area contributed by atoms with Crippen LogP contribution in [0.4, 0.5) is 10.8 Å². The van der Waals surface area contributed by atoms with E-state index in [0.717, 1.165) is 34.0 Å². The number of sulfonamides is 1. The summed E-state index contributed by atoms with van der Waals surface area (Å²) in [7, 11) is -3.78. The predicted molar refractivity (Wildman–Crippen MR) is 121 cm³/mol. The standard InChI is InChI=1S/C21H24N4O3S2/c1-14-5-8-17(9-6-14)30(27,28)24-15(2)20(26)22-16-7-10-18-19(13-16)29-21(23-18)25-11-3-4-12-25/h5-10,13,15,24H,3-4,11-12H2,1-2H3,(H,22,26)/t15-/m1/s1. The molecule has 3 aromatic rings. The van der Waals surface area contributed by atoms with Crippen molar-refractivity contribution in [2.45, 2.75) is 37.6 Å². The fourth-order valence-corrected chi connectivity index (χ4v) is 5.62. The number of anilines is 2. The summed E-state index contributed by atoms with van der Waals surface area (Å²) < 4.78 is 28.4. The van der Waals surface area contributed by atoms with E-state index < -0.39 is 22.0 Å². The van der Waals surface area contributed by atoms with E-state index in [-0.39, 0.29) is 4.90 Å². The van der Waals surface area contributed by atoms with Crippen LogP contribution >= 0.6 is 11.3 Å². The van der Waals surface area contributed by atoms with E-state index in [1.807, 2.05) is 19.1 Å². The van der Waals surface area contributed by atoms with E-state index in [2.05, 4.69) is 19.9 Å². The fraction of sp³-hybridized carbons (Fsp3) is 0.333. The van der Waals surface area contributed by atoms with Crippen molar-refractivity contribution in [2.75, 3.05) is 23.3 Å². The van der Waals surface area contributed by atoms with E-state index in [0.29, 0.717) is 5.69 Å². The molecule has 1 saturated heterocycles. The van der Waals surface area contributed by atoms with Crippen molar-refractivity contribution < 1.29 is 13.2 Å². The van der Waals surface area contributed by atoms with Gasteiger partial charge in [0.1, 0.15) is 0 Å². The van der Waals surface area contributed by atoms with Crippen molar-refractivity contribution in [1.29, 1.82) is 0 Å². The Morgan fingerprint density at radius 3 is 2.53 bits per heavy atom. The monoisotopic (exact) mass is 444 g/mol. The molecule has 2 aromatic carbocycles. The first-order valence-electron chi connectivity index (χ1n) is 9.87. The first-order valence-corrected chi connectivity index (χ1v) is 12.2. The summed E-state index contributed by atoms with van der Waals surface area (Å²) in [4.78, 5) is 19.7. The van der Waals surface area contributed by atoms with Crippen LogP contribution in [0, 0.1) is 6.92 Å². The molecule has 30 heavy (non-hydrogen) atoms. The molecule has 0 unspecified atom stereocenters. The Labute approximate surface area is 180 Å². The quantitative estimate of drug-likeness (QED) is 0.607. The topological polar surface area (TPSA) is 91.4 Å². The summed E-state index contributed by atoms with van der Waals surface area (Å²) in [6.07, 6.45) is 2.38. The van der Waals surface area contributed by atoms with Crippen LogP contribution in [0.1, 0.15) is 25.3 Å². The number of nitrogens with zero attached hydrogens (tertiary/aromatic N) is 2. The van der Waals surface area contributed by atoms with Crippen molar-refractivity contribution in [1.82, 2.24) is 9.71 Å². The van der Waals surface area contributed by atoms with Crippen LogP contribution in [0.15, 0.2) is 47.4 Å². The summed E-state index contributed by atoms with van der Waals surface area (Å²) in [5.74, 6) is -0.422. The van der Waals surface area contributed by atoms with Gasteiger partial charge in [0.15, 0.2) is 5.13 Å². The average molecular weight is 445 g/mol. The van der Waals surface area contributed by atoms with Gasteiger partial charge in [0.25, 0.3) is 0 Å². The Kier molecular flexibility index (Phi) is 5.77. The number of nitrogens with one attached hydrogen (secondary N) is 2. The van der Waals surface area contributed by atoms with Crippen LogP contribution in [0.25, 0.3) is 10.2 Å². The SMILES string of the molecule is Cc1ccc(S(=O)(=O)N[C@H](C)C(=O)Nc2ccc3nc(N4CCCC4)sc3c2)cc1. The number of carbonyl (C=O) groups is 1.